The van der Waals surface area contributed by atoms with Crippen molar-refractivity contribution in [2.24, 2.45) is 4.40 Å². The van der Waals surface area contributed by atoms with Gasteiger partial charge >= 0.3 is 33.3 Å². The van der Waals surface area contributed by atoms with E-state index in [1.807, 2.05) is 4.40 Å². The fourth-order valence-electron chi connectivity index (χ4n) is 1.33. The third-order valence-electron chi connectivity index (χ3n) is 2.72. The highest BCUT2D eigenvalue weighted by atomic mass is 35.5. The van der Waals surface area contributed by atoms with Gasteiger partial charge in [-0.25, -0.2) is 4.39 Å². The SMILES string of the molecule is O=S(=O)(/N=C(\Cl)c1ccc(F)cc1)C(F)(F)C(F)(F)C(F)(F)C(F)(F)F. The summed E-state index contributed by atoms with van der Waals surface area (Å²) in [6.45, 7) is 0. The van der Waals surface area contributed by atoms with Gasteiger partial charge in [0.2, 0.25) is 0 Å². The molecule has 0 saturated carbocycles. The highest BCUT2D eigenvalue weighted by Gasteiger charge is 2.85. The highest BCUT2D eigenvalue weighted by Crippen LogP contribution is 2.55. The molecule has 1 rings (SSSR count). The Morgan fingerprint density at radius 1 is 0.846 bits per heavy atom. The van der Waals surface area contributed by atoms with Crippen LogP contribution in [0, 0.1) is 5.82 Å². The molecule has 1 aromatic carbocycles. The smallest absolute Gasteiger partial charge is 0.207 e. The molecule has 0 heterocycles. The molecule has 0 bridgehead atoms. The van der Waals surface area contributed by atoms with E-state index in [-0.39, 0.29) is 0 Å². The van der Waals surface area contributed by atoms with Gasteiger partial charge in [-0.15, -0.1) is 4.40 Å². The molecule has 0 aromatic heterocycles. The molecule has 148 valence electrons. The van der Waals surface area contributed by atoms with Crippen molar-refractivity contribution < 1.29 is 52.3 Å². The van der Waals surface area contributed by atoms with E-state index in [9.17, 15) is 52.3 Å². The summed E-state index contributed by atoms with van der Waals surface area (Å²) < 4.78 is 151. The second-order valence-corrected chi connectivity index (χ2v) is 6.53. The summed E-state index contributed by atoms with van der Waals surface area (Å²) in [6, 6.07) is 2.53. The van der Waals surface area contributed by atoms with Crippen LogP contribution >= 0.6 is 11.6 Å². The maximum atomic E-state index is 13.4. The maximum Gasteiger partial charge on any atom is 0.460 e. The zero-order chi connectivity index (χ0) is 20.8. The molecule has 0 spiro atoms. The lowest BCUT2D eigenvalue weighted by atomic mass is 10.1. The topological polar surface area (TPSA) is 46.5 Å². The highest BCUT2D eigenvalue weighted by molar-refractivity contribution is 7.91. The number of halogens is 11. The molecule has 0 amide bonds. The summed E-state index contributed by atoms with van der Waals surface area (Å²) in [5, 5.41) is -8.49. The Hall–Kier alpha value is -1.57. The normalized spacial score (nSPS) is 15.3. The van der Waals surface area contributed by atoms with Gasteiger partial charge in [0.05, 0.1) is 0 Å². The summed E-state index contributed by atoms with van der Waals surface area (Å²) >= 11 is 5.16. The molecule has 0 aliphatic rings. The van der Waals surface area contributed by atoms with Crippen molar-refractivity contribution in [3.8, 4) is 0 Å². The summed E-state index contributed by atoms with van der Waals surface area (Å²) in [4.78, 5) is 0. The quantitative estimate of drug-likeness (QED) is 0.498. The number of hydrogen-bond donors (Lipinski definition) is 0. The van der Waals surface area contributed by atoms with Crippen molar-refractivity contribution in [2.75, 3.05) is 0 Å². The van der Waals surface area contributed by atoms with E-state index in [0.29, 0.717) is 24.3 Å². The number of benzene rings is 1. The molecule has 0 atom stereocenters. The lowest BCUT2D eigenvalue weighted by Crippen LogP contribution is -2.62. The summed E-state index contributed by atoms with van der Waals surface area (Å²) in [7, 11) is -7.02. The van der Waals surface area contributed by atoms with Crippen LogP contribution in [0.2, 0.25) is 0 Å². The Bertz CT molecular complexity index is 801. The first-order valence-corrected chi connectivity index (χ1v) is 7.66. The van der Waals surface area contributed by atoms with Crippen LogP contribution in [-0.2, 0) is 10.0 Å². The number of hydrogen-bond acceptors (Lipinski definition) is 2. The molecule has 0 aliphatic heterocycles. The van der Waals surface area contributed by atoms with Crippen LogP contribution in [0.25, 0.3) is 0 Å². The predicted octanol–water partition coefficient (Wildman–Crippen LogP) is 4.57. The molecule has 0 radical (unpaired) electrons. The van der Waals surface area contributed by atoms with Crippen LogP contribution in [0.5, 0.6) is 0 Å². The Morgan fingerprint density at radius 2 is 1.27 bits per heavy atom. The fraction of sp³-hybridized carbons (Fsp3) is 0.364. The molecule has 0 N–H and O–H groups in total. The van der Waals surface area contributed by atoms with Gasteiger partial charge in [0.1, 0.15) is 11.0 Å². The van der Waals surface area contributed by atoms with Crippen LogP contribution in [0.15, 0.2) is 28.7 Å². The molecule has 0 aliphatic carbocycles. The third-order valence-corrected chi connectivity index (χ3v) is 4.45. The van der Waals surface area contributed by atoms with E-state index < -0.39 is 49.9 Å². The molecular weight excluding hydrogens is 436 g/mol. The molecule has 15 heteroatoms. The minimum Gasteiger partial charge on any atom is -0.207 e. The number of sulfonamides is 1. The summed E-state index contributed by atoms with van der Waals surface area (Å²) in [5.41, 5.74) is -0.627. The molecule has 3 nitrogen and oxygen atoms in total. The van der Waals surface area contributed by atoms with Gasteiger partial charge in [-0.3, -0.25) is 0 Å². The Morgan fingerprint density at radius 3 is 1.65 bits per heavy atom. The lowest BCUT2D eigenvalue weighted by molar-refractivity contribution is -0.382. The second-order valence-electron chi connectivity index (χ2n) is 4.53. The average molecular weight is 440 g/mol. The van der Waals surface area contributed by atoms with E-state index in [4.69, 9.17) is 11.6 Å². The van der Waals surface area contributed by atoms with Gasteiger partial charge in [0.15, 0.2) is 0 Å². The third kappa shape index (κ3) is 3.61. The van der Waals surface area contributed by atoms with Crippen molar-refractivity contribution in [3.05, 3.63) is 35.6 Å². The van der Waals surface area contributed by atoms with Crippen molar-refractivity contribution in [2.45, 2.75) is 23.3 Å². The maximum absolute atomic E-state index is 13.4. The van der Waals surface area contributed by atoms with Gasteiger partial charge in [-0.2, -0.15) is 47.9 Å². The number of alkyl halides is 9. The van der Waals surface area contributed by atoms with Crippen molar-refractivity contribution in [3.63, 3.8) is 0 Å². The van der Waals surface area contributed by atoms with E-state index in [2.05, 4.69) is 0 Å². The minimum absolute atomic E-state index is 0.615. The molecule has 1 aromatic rings. The lowest BCUT2D eigenvalue weighted by Gasteiger charge is -2.32. The first-order chi connectivity index (χ1) is 11.4. The first-order valence-electron chi connectivity index (χ1n) is 5.84. The molecule has 0 unspecified atom stereocenters. The fourth-order valence-corrected chi connectivity index (χ4v) is 2.61. The Labute approximate surface area is 143 Å². The van der Waals surface area contributed by atoms with Gasteiger partial charge in [-0.1, -0.05) is 11.6 Å². The van der Waals surface area contributed by atoms with Gasteiger partial charge in [0.25, 0.3) is 0 Å². The van der Waals surface area contributed by atoms with Crippen molar-refractivity contribution >= 4 is 26.8 Å². The second kappa shape index (κ2) is 6.55. The zero-order valence-electron chi connectivity index (χ0n) is 11.6. The van der Waals surface area contributed by atoms with E-state index in [1.165, 1.54) is 0 Å². The largest absolute Gasteiger partial charge is 0.460 e. The predicted molar refractivity (Wildman–Crippen MR) is 68.6 cm³/mol. The van der Waals surface area contributed by atoms with E-state index >= 15 is 0 Å². The Balaban J connectivity index is 3.45. The number of rotatable bonds is 5. The van der Waals surface area contributed by atoms with Crippen LogP contribution in [0.1, 0.15) is 5.56 Å². The summed E-state index contributed by atoms with van der Waals surface area (Å²) in [6.07, 6.45) is -7.19. The van der Waals surface area contributed by atoms with Crippen LogP contribution in [-0.4, -0.2) is 36.9 Å². The Kier molecular flexibility index (Phi) is 5.66. The van der Waals surface area contributed by atoms with Crippen LogP contribution in [0.3, 0.4) is 0 Å². The first kappa shape index (κ1) is 22.5. The standard InChI is InChI=1S/C11H4ClF10NO2S/c12-7(5-1-3-6(13)4-2-5)23-26(24,25)11(21,22)9(16,17)8(14,15)10(18,19)20/h1-4H/b23-7-. The average Bonchev–Trinajstić information content (AvgIpc) is 2.45. The molecule has 26 heavy (non-hydrogen) atoms. The van der Waals surface area contributed by atoms with Gasteiger partial charge in [0, 0.05) is 5.56 Å². The zero-order valence-corrected chi connectivity index (χ0v) is 13.2. The van der Waals surface area contributed by atoms with Gasteiger partial charge < -0.3 is 0 Å². The minimum atomic E-state index is -7.42. The summed E-state index contributed by atoms with van der Waals surface area (Å²) in [5.74, 6) is -15.7. The molecule has 0 saturated heterocycles. The van der Waals surface area contributed by atoms with E-state index in [1.54, 1.807) is 0 Å². The van der Waals surface area contributed by atoms with Crippen LogP contribution < -0.4 is 0 Å². The van der Waals surface area contributed by atoms with Crippen molar-refractivity contribution in [1.29, 1.82) is 0 Å². The van der Waals surface area contributed by atoms with Crippen LogP contribution in [0.4, 0.5) is 43.9 Å². The monoisotopic (exact) mass is 439 g/mol. The van der Waals surface area contributed by atoms with Gasteiger partial charge in [-0.05, 0) is 24.3 Å². The van der Waals surface area contributed by atoms with Crippen molar-refractivity contribution in [1.82, 2.24) is 0 Å². The molecule has 0 fully saturated rings. The van der Waals surface area contributed by atoms with E-state index in [0.717, 1.165) is 0 Å². The number of nitrogens with zero attached hydrogens (tertiary/aromatic N) is 1. The molecular formula is C11H4ClF10NO2S.